The summed E-state index contributed by atoms with van der Waals surface area (Å²) >= 11 is 5.76. The monoisotopic (exact) mass is 377 g/mol. The van der Waals surface area contributed by atoms with E-state index in [0.717, 1.165) is 17.0 Å². The molecule has 0 fully saturated rings. The number of anilines is 1. The van der Waals surface area contributed by atoms with Gasteiger partial charge in [0.05, 0.1) is 25.0 Å². The summed E-state index contributed by atoms with van der Waals surface area (Å²) in [5.74, 6) is 0.854. The van der Waals surface area contributed by atoms with Crippen molar-refractivity contribution < 1.29 is 4.74 Å². The van der Waals surface area contributed by atoms with Gasteiger partial charge in [-0.3, -0.25) is 4.98 Å². The molecule has 1 aromatic heterocycles. The molecule has 5 heteroatoms. The van der Waals surface area contributed by atoms with E-state index in [9.17, 15) is 0 Å². The molecule has 1 heterocycles. The van der Waals surface area contributed by atoms with Crippen LogP contribution >= 0.6 is 12.2 Å². The number of hydrogen-bond donors (Lipinski definition) is 1. The van der Waals surface area contributed by atoms with Gasteiger partial charge < -0.3 is 15.0 Å². The van der Waals surface area contributed by atoms with Crippen LogP contribution in [-0.2, 0) is 6.54 Å². The number of benzene rings is 2. The molecule has 0 saturated heterocycles. The smallest absolute Gasteiger partial charge is 0.174 e. The molecule has 0 bridgehead atoms. The van der Waals surface area contributed by atoms with Crippen molar-refractivity contribution >= 4 is 23.0 Å². The number of nitrogens with zero attached hydrogens (tertiary/aromatic N) is 2. The van der Waals surface area contributed by atoms with Gasteiger partial charge in [-0.1, -0.05) is 48.5 Å². The quantitative estimate of drug-likeness (QED) is 0.609. The molecule has 0 aliphatic rings. The molecular formula is C22H23N3OS. The average Bonchev–Trinajstić information content (AvgIpc) is 2.73. The maximum absolute atomic E-state index is 5.76. The number of para-hydroxylation sites is 1. The maximum atomic E-state index is 5.76. The largest absolute Gasteiger partial charge is 0.496 e. The lowest BCUT2D eigenvalue weighted by Gasteiger charge is -2.32. The van der Waals surface area contributed by atoms with E-state index in [1.165, 1.54) is 5.56 Å². The number of aromatic nitrogens is 1. The number of thiocarbonyl (C=S) groups is 1. The molecule has 3 aromatic rings. The fourth-order valence-electron chi connectivity index (χ4n) is 2.95. The molecule has 0 saturated carbocycles. The van der Waals surface area contributed by atoms with Crippen molar-refractivity contribution in [1.82, 2.24) is 9.88 Å². The van der Waals surface area contributed by atoms with Crippen LogP contribution in [0, 0.1) is 0 Å². The summed E-state index contributed by atoms with van der Waals surface area (Å²) < 4.78 is 5.53. The van der Waals surface area contributed by atoms with Gasteiger partial charge in [-0.05, 0) is 42.9 Å². The van der Waals surface area contributed by atoms with Crippen molar-refractivity contribution in [2.45, 2.75) is 19.5 Å². The van der Waals surface area contributed by atoms with Crippen LogP contribution in [0.3, 0.4) is 0 Å². The topological polar surface area (TPSA) is 37.4 Å². The Kier molecular flexibility index (Phi) is 6.39. The third-order valence-corrected chi connectivity index (χ3v) is 4.79. The predicted molar refractivity (Wildman–Crippen MR) is 114 cm³/mol. The summed E-state index contributed by atoms with van der Waals surface area (Å²) in [6.07, 6.45) is 3.51. The second-order valence-corrected chi connectivity index (χ2v) is 6.58. The summed E-state index contributed by atoms with van der Waals surface area (Å²) in [6, 6.07) is 22.3. The minimum atomic E-state index is 0.0905. The Morgan fingerprint density at radius 2 is 1.81 bits per heavy atom. The fourth-order valence-corrected chi connectivity index (χ4v) is 3.29. The summed E-state index contributed by atoms with van der Waals surface area (Å²) in [5.41, 5.74) is 3.15. The first-order valence-electron chi connectivity index (χ1n) is 8.83. The molecule has 3 rings (SSSR count). The lowest BCUT2D eigenvalue weighted by atomic mass is 10.1. The van der Waals surface area contributed by atoms with E-state index in [4.69, 9.17) is 17.0 Å². The highest BCUT2D eigenvalue weighted by atomic mass is 32.1. The second kappa shape index (κ2) is 9.14. The van der Waals surface area contributed by atoms with E-state index in [-0.39, 0.29) is 6.04 Å². The van der Waals surface area contributed by atoms with Crippen LogP contribution in [-0.4, -0.2) is 22.1 Å². The number of ether oxygens (including phenoxy) is 1. The minimum absolute atomic E-state index is 0.0905. The zero-order valence-corrected chi connectivity index (χ0v) is 16.3. The van der Waals surface area contributed by atoms with Gasteiger partial charge in [-0.25, -0.2) is 0 Å². The molecule has 1 atom stereocenters. The Balaban J connectivity index is 1.89. The zero-order chi connectivity index (χ0) is 19.1. The molecule has 1 unspecified atom stereocenters. The summed E-state index contributed by atoms with van der Waals surface area (Å²) in [7, 11) is 1.69. The first-order valence-corrected chi connectivity index (χ1v) is 9.24. The normalized spacial score (nSPS) is 11.5. The van der Waals surface area contributed by atoms with Gasteiger partial charge in [0.1, 0.15) is 5.75 Å². The van der Waals surface area contributed by atoms with Crippen molar-refractivity contribution in [3.8, 4) is 5.75 Å². The predicted octanol–water partition coefficient (Wildman–Crippen LogP) is 5.05. The molecule has 138 valence electrons. The first kappa shape index (κ1) is 18.9. The summed E-state index contributed by atoms with van der Waals surface area (Å²) in [4.78, 5) is 6.31. The number of hydrogen-bond acceptors (Lipinski definition) is 3. The van der Waals surface area contributed by atoms with Crippen molar-refractivity contribution in [1.29, 1.82) is 0 Å². The van der Waals surface area contributed by atoms with E-state index >= 15 is 0 Å². The van der Waals surface area contributed by atoms with Crippen LogP contribution in [0.1, 0.15) is 24.1 Å². The fraction of sp³-hybridized carbons (Fsp3) is 0.182. The Hall–Kier alpha value is -2.92. The Morgan fingerprint density at radius 3 is 2.52 bits per heavy atom. The number of pyridine rings is 1. The molecule has 0 aliphatic heterocycles. The van der Waals surface area contributed by atoms with E-state index in [0.29, 0.717) is 11.7 Å². The lowest BCUT2D eigenvalue weighted by Crippen LogP contribution is -2.36. The highest BCUT2D eigenvalue weighted by Gasteiger charge is 2.20. The minimum Gasteiger partial charge on any atom is -0.496 e. The average molecular weight is 378 g/mol. The van der Waals surface area contributed by atoms with Gasteiger partial charge in [0.2, 0.25) is 0 Å². The zero-order valence-electron chi connectivity index (χ0n) is 15.5. The second-order valence-electron chi connectivity index (χ2n) is 6.20. The van der Waals surface area contributed by atoms with Gasteiger partial charge in [-0.2, -0.15) is 0 Å². The van der Waals surface area contributed by atoms with Gasteiger partial charge in [-0.15, -0.1) is 0 Å². The molecule has 2 aromatic carbocycles. The number of nitrogens with one attached hydrogen (secondary N) is 1. The maximum Gasteiger partial charge on any atom is 0.174 e. The van der Waals surface area contributed by atoms with Crippen molar-refractivity contribution in [2.75, 3.05) is 12.4 Å². The van der Waals surface area contributed by atoms with Crippen LogP contribution in [0.5, 0.6) is 5.75 Å². The Labute approximate surface area is 165 Å². The van der Waals surface area contributed by atoms with Gasteiger partial charge in [0, 0.05) is 18.3 Å². The molecule has 4 nitrogen and oxygen atoms in total. The first-order chi connectivity index (χ1) is 13.2. The molecule has 27 heavy (non-hydrogen) atoms. The third kappa shape index (κ3) is 4.83. The Bertz CT molecular complexity index is 871. The number of methoxy groups -OCH3 is 1. The van der Waals surface area contributed by atoms with Gasteiger partial charge >= 0.3 is 0 Å². The molecule has 0 radical (unpaired) electrons. The molecule has 0 amide bonds. The standard InChI is InChI=1S/C22H23N3OS/c1-17(18-9-4-3-5-10-18)25(16-19-11-6-7-13-21(19)26-2)22(27)24-20-12-8-14-23-15-20/h3-15,17H,16H2,1-2H3,(H,24,27). The van der Waals surface area contributed by atoms with E-state index < -0.39 is 0 Å². The summed E-state index contributed by atoms with van der Waals surface area (Å²) in [6.45, 7) is 2.79. The van der Waals surface area contributed by atoms with Crippen LogP contribution in [0.2, 0.25) is 0 Å². The molecular weight excluding hydrogens is 354 g/mol. The van der Waals surface area contributed by atoms with Crippen molar-refractivity contribution in [3.63, 3.8) is 0 Å². The van der Waals surface area contributed by atoms with Crippen molar-refractivity contribution in [3.05, 3.63) is 90.3 Å². The lowest BCUT2D eigenvalue weighted by molar-refractivity contribution is 0.324. The molecule has 0 aliphatic carbocycles. The molecule has 1 N–H and O–H groups in total. The van der Waals surface area contributed by atoms with E-state index in [2.05, 4.69) is 40.3 Å². The van der Waals surface area contributed by atoms with Crippen LogP contribution in [0.4, 0.5) is 5.69 Å². The highest BCUT2D eigenvalue weighted by Crippen LogP contribution is 2.27. The van der Waals surface area contributed by atoms with E-state index in [1.54, 1.807) is 19.5 Å². The SMILES string of the molecule is COc1ccccc1CN(C(=S)Nc1cccnc1)C(C)c1ccccc1. The van der Waals surface area contributed by atoms with Gasteiger partial charge in [0.15, 0.2) is 5.11 Å². The van der Waals surface area contributed by atoms with Crippen LogP contribution in [0.25, 0.3) is 0 Å². The van der Waals surface area contributed by atoms with Gasteiger partial charge in [0.25, 0.3) is 0 Å². The Morgan fingerprint density at radius 1 is 1.07 bits per heavy atom. The number of rotatable bonds is 6. The van der Waals surface area contributed by atoms with Crippen LogP contribution in [0.15, 0.2) is 79.1 Å². The molecule has 0 spiro atoms. The van der Waals surface area contributed by atoms with Crippen LogP contribution < -0.4 is 10.1 Å². The van der Waals surface area contributed by atoms with E-state index in [1.807, 2.05) is 48.5 Å². The highest BCUT2D eigenvalue weighted by molar-refractivity contribution is 7.80. The third-order valence-electron chi connectivity index (χ3n) is 4.46. The summed E-state index contributed by atoms with van der Waals surface area (Å²) in [5, 5.41) is 3.95. The van der Waals surface area contributed by atoms with Crippen molar-refractivity contribution in [2.24, 2.45) is 0 Å².